The summed E-state index contributed by atoms with van der Waals surface area (Å²) in [5.74, 6) is -1.39. The minimum absolute atomic E-state index is 0.370. The molecule has 2 aromatic rings. The Labute approximate surface area is 175 Å². The maximum atomic E-state index is 13.4. The number of halogens is 1. The van der Waals surface area contributed by atoms with Crippen LogP contribution in [0.4, 0.5) is 14.9 Å². The molecular weight excluding hydrogens is 385 g/mol. The van der Waals surface area contributed by atoms with Crippen LogP contribution in [0.5, 0.6) is 0 Å². The Morgan fingerprint density at radius 1 is 1.10 bits per heavy atom. The lowest BCUT2D eigenvalue weighted by Crippen LogP contribution is -2.44. The van der Waals surface area contributed by atoms with E-state index >= 15 is 0 Å². The van der Waals surface area contributed by atoms with Crippen molar-refractivity contribution in [2.75, 3.05) is 11.9 Å². The summed E-state index contributed by atoms with van der Waals surface area (Å²) in [5.41, 5.74) is 1.94. The first-order valence-electron chi connectivity index (χ1n) is 10.0. The molecule has 158 valence electrons. The second-order valence-electron chi connectivity index (χ2n) is 7.68. The fourth-order valence-corrected chi connectivity index (χ4v) is 3.62. The molecular formula is C23H26FN3O3. The fraction of sp³-hybridized carbons (Fsp3) is 0.348. The molecule has 1 atom stereocenters. The summed E-state index contributed by atoms with van der Waals surface area (Å²) in [6, 6.07) is 10.4. The van der Waals surface area contributed by atoms with E-state index in [1.54, 1.807) is 6.07 Å². The van der Waals surface area contributed by atoms with Gasteiger partial charge in [0.05, 0.1) is 0 Å². The molecule has 0 radical (unpaired) electrons. The van der Waals surface area contributed by atoms with E-state index in [4.69, 9.17) is 0 Å². The van der Waals surface area contributed by atoms with Crippen LogP contribution in [0, 0.1) is 19.7 Å². The largest absolute Gasteiger partial charge is 0.325 e. The zero-order valence-corrected chi connectivity index (χ0v) is 17.4. The molecule has 1 fully saturated rings. The Bertz CT molecular complexity index is 974. The third-order valence-corrected chi connectivity index (χ3v) is 5.51. The van der Waals surface area contributed by atoms with Gasteiger partial charge in [0.25, 0.3) is 5.91 Å². The number of hydrogen-bond acceptors (Lipinski definition) is 3. The minimum atomic E-state index is -1.29. The molecule has 0 bridgehead atoms. The summed E-state index contributed by atoms with van der Waals surface area (Å²) in [6.07, 6.45) is 1.88. The van der Waals surface area contributed by atoms with E-state index in [0.717, 1.165) is 22.4 Å². The van der Waals surface area contributed by atoms with E-state index in [1.807, 2.05) is 32.9 Å². The monoisotopic (exact) mass is 411 g/mol. The third kappa shape index (κ3) is 4.20. The molecule has 3 rings (SSSR count). The van der Waals surface area contributed by atoms with E-state index in [1.165, 1.54) is 24.3 Å². The van der Waals surface area contributed by atoms with Crippen LogP contribution in [0.3, 0.4) is 0 Å². The van der Waals surface area contributed by atoms with Crippen LogP contribution < -0.4 is 10.6 Å². The summed E-state index contributed by atoms with van der Waals surface area (Å²) in [7, 11) is 0. The Kier molecular flexibility index (Phi) is 6.20. The Hall–Kier alpha value is -3.22. The quantitative estimate of drug-likeness (QED) is 0.676. The van der Waals surface area contributed by atoms with Gasteiger partial charge in [0.15, 0.2) is 0 Å². The van der Waals surface area contributed by atoms with Gasteiger partial charge in [0, 0.05) is 5.69 Å². The molecule has 1 aliphatic heterocycles. The second kappa shape index (κ2) is 8.65. The molecule has 30 heavy (non-hydrogen) atoms. The van der Waals surface area contributed by atoms with Gasteiger partial charge in [0.1, 0.15) is 17.9 Å². The van der Waals surface area contributed by atoms with Crippen LogP contribution in [0.1, 0.15) is 42.9 Å². The summed E-state index contributed by atoms with van der Waals surface area (Å²) < 4.78 is 13.4. The molecule has 6 nitrogen and oxygen atoms in total. The van der Waals surface area contributed by atoms with E-state index in [-0.39, 0.29) is 0 Å². The smallest absolute Gasteiger partial charge is 0.325 e. The van der Waals surface area contributed by atoms with Gasteiger partial charge < -0.3 is 10.6 Å². The van der Waals surface area contributed by atoms with Crippen molar-refractivity contribution in [1.82, 2.24) is 10.2 Å². The number of aryl methyl sites for hydroxylation is 2. The Morgan fingerprint density at radius 3 is 2.43 bits per heavy atom. The van der Waals surface area contributed by atoms with Gasteiger partial charge in [-0.1, -0.05) is 38.0 Å². The van der Waals surface area contributed by atoms with Gasteiger partial charge in [-0.3, -0.25) is 14.5 Å². The van der Waals surface area contributed by atoms with Crippen LogP contribution in [0.15, 0.2) is 42.5 Å². The molecule has 2 N–H and O–H groups in total. The first-order chi connectivity index (χ1) is 14.3. The van der Waals surface area contributed by atoms with Crippen LogP contribution in [-0.4, -0.2) is 29.3 Å². The van der Waals surface area contributed by atoms with E-state index < -0.39 is 35.7 Å². The zero-order valence-electron chi connectivity index (χ0n) is 17.4. The number of nitrogens with zero attached hydrogens (tertiary/aromatic N) is 1. The number of hydrogen-bond donors (Lipinski definition) is 2. The number of imide groups is 1. The topological polar surface area (TPSA) is 78.5 Å². The third-order valence-electron chi connectivity index (χ3n) is 5.51. The minimum Gasteiger partial charge on any atom is -0.325 e. The van der Waals surface area contributed by atoms with Gasteiger partial charge in [-0.2, -0.15) is 0 Å². The van der Waals surface area contributed by atoms with Crippen molar-refractivity contribution in [3.05, 3.63) is 65.0 Å². The molecule has 0 unspecified atom stereocenters. The summed E-state index contributed by atoms with van der Waals surface area (Å²) in [6.45, 7) is 5.49. The maximum Gasteiger partial charge on any atom is 0.325 e. The summed E-state index contributed by atoms with van der Waals surface area (Å²) in [4.78, 5) is 39.4. The molecule has 1 saturated heterocycles. The molecule has 0 saturated carbocycles. The Balaban J connectivity index is 1.81. The van der Waals surface area contributed by atoms with Gasteiger partial charge in [-0.15, -0.1) is 0 Å². The fourth-order valence-electron chi connectivity index (χ4n) is 3.62. The van der Waals surface area contributed by atoms with Crippen LogP contribution in [0.25, 0.3) is 0 Å². The molecule has 7 heteroatoms. The van der Waals surface area contributed by atoms with E-state index in [2.05, 4.69) is 10.6 Å². The van der Waals surface area contributed by atoms with Crippen molar-refractivity contribution < 1.29 is 18.8 Å². The number of nitrogens with one attached hydrogen (secondary N) is 2. The van der Waals surface area contributed by atoms with Gasteiger partial charge in [-0.25, -0.2) is 9.18 Å². The number of carbonyl (C=O) groups excluding carboxylic acids is 3. The van der Waals surface area contributed by atoms with E-state index in [0.29, 0.717) is 24.1 Å². The average Bonchev–Trinajstić information content (AvgIpc) is 2.95. The molecule has 0 aromatic heterocycles. The standard InChI is InChI=1S/C23H26FN3O3/c1-4-5-12-23(17-7-9-18(24)10-8-17)21(29)27(22(30)26-23)14-20(28)25-19-11-6-15(2)16(3)13-19/h6-11,13H,4-5,12,14H2,1-3H3,(H,25,28)(H,26,30)/t23-/m0/s1. The Morgan fingerprint density at radius 2 is 1.80 bits per heavy atom. The van der Waals surface area contributed by atoms with Crippen molar-refractivity contribution in [2.45, 2.75) is 45.6 Å². The van der Waals surface area contributed by atoms with E-state index in [9.17, 15) is 18.8 Å². The first-order valence-corrected chi connectivity index (χ1v) is 10.0. The van der Waals surface area contributed by atoms with Gasteiger partial charge in [-0.05, 0) is 61.2 Å². The number of amides is 4. The normalized spacial score (nSPS) is 18.5. The lowest BCUT2D eigenvalue weighted by atomic mass is 9.85. The molecule has 1 heterocycles. The predicted octanol–water partition coefficient (Wildman–Crippen LogP) is 4.02. The zero-order chi connectivity index (χ0) is 21.9. The predicted molar refractivity (Wildman–Crippen MR) is 112 cm³/mol. The number of benzene rings is 2. The summed E-state index contributed by atoms with van der Waals surface area (Å²) in [5, 5.41) is 5.49. The molecule has 2 aromatic carbocycles. The van der Waals surface area contributed by atoms with Gasteiger partial charge in [0.2, 0.25) is 5.91 Å². The first kappa shape index (κ1) is 21.5. The van der Waals surface area contributed by atoms with Crippen LogP contribution in [-0.2, 0) is 15.1 Å². The van der Waals surface area contributed by atoms with Gasteiger partial charge >= 0.3 is 6.03 Å². The highest BCUT2D eigenvalue weighted by molar-refractivity contribution is 6.10. The van der Waals surface area contributed by atoms with Crippen molar-refractivity contribution in [2.24, 2.45) is 0 Å². The maximum absolute atomic E-state index is 13.4. The highest BCUT2D eigenvalue weighted by atomic mass is 19.1. The number of unbranched alkanes of at least 4 members (excludes halogenated alkanes) is 1. The number of anilines is 1. The van der Waals surface area contributed by atoms with Crippen molar-refractivity contribution in [3.63, 3.8) is 0 Å². The van der Waals surface area contributed by atoms with Crippen molar-refractivity contribution in [1.29, 1.82) is 0 Å². The molecule has 4 amide bonds. The highest BCUT2D eigenvalue weighted by Crippen LogP contribution is 2.34. The number of carbonyl (C=O) groups is 3. The molecule has 0 aliphatic carbocycles. The van der Waals surface area contributed by atoms with Crippen LogP contribution in [0.2, 0.25) is 0 Å². The molecule has 0 spiro atoms. The highest BCUT2D eigenvalue weighted by Gasteiger charge is 2.52. The average molecular weight is 411 g/mol. The lowest BCUT2D eigenvalue weighted by Gasteiger charge is -2.27. The lowest BCUT2D eigenvalue weighted by molar-refractivity contribution is -0.134. The van der Waals surface area contributed by atoms with Crippen molar-refractivity contribution >= 4 is 23.5 Å². The number of rotatable bonds is 7. The van der Waals surface area contributed by atoms with Crippen molar-refractivity contribution in [3.8, 4) is 0 Å². The SMILES string of the molecule is CCCC[C@@]1(c2ccc(F)cc2)NC(=O)N(CC(=O)Nc2ccc(C)c(C)c2)C1=O. The molecule has 1 aliphatic rings. The summed E-state index contributed by atoms with van der Waals surface area (Å²) >= 11 is 0. The van der Waals surface area contributed by atoms with Crippen LogP contribution >= 0.6 is 0 Å². The number of urea groups is 1. The second-order valence-corrected chi connectivity index (χ2v) is 7.68.